The number of aromatic nitrogens is 2. The Bertz CT molecular complexity index is 1760. The van der Waals surface area contributed by atoms with Gasteiger partial charge < -0.3 is 14.6 Å². The second-order valence-electron chi connectivity index (χ2n) is 10.2. The highest BCUT2D eigenvalue weighted by atomic mass is 35.5. The molecule has 2 heterocycles. The lowest BCUT2D eigenvalue weighted by Crippen LogP contribution is -2.29. The van der Waals surface area contributed by atoms with Gasteiger partial charge >= 0.3 is 12.1 Å². The predicted octanol–water partition coefficient (Wildman–Crippen LogP) is 5.50. The van der Waals surface area contributed by atoms with Crippen LogP contribution >= 0.6 is 22.9 Å². The highest BCUT2D eigenvalue weighted by Crippen LogP contribution is 2.33. The number of halogens is 4. The number of alkyl halides is 3. The minimum atomic E-state index is -5.08. The quantitative estimate of drug-likeness (QED) is 0.181. The molecule has 0 aliphatic heterocycles. The lowest BCUT2D eigenvalue weighted by atomic mass is 10.0. The van der Waals surface area contributed by atoms with Gasteiger partial charge in [-0.25, -0.2) is 13.2 Å². The number of carbonyl (C=O) groups is 2. The molecule has 0 unspecified atom stereocenters. The van der Waals surface area contributed by atoms with Crippen molar-refractivity contribution in [1.29, 1.82) is 0 Å². The van der Waals surface area contributed by atoms with Gasteiger partial charge in [-0.15, -0.1) is 11.3 Å². The fourth-order valence-corrected chi connectivity index (χ4v) is 7.28. The van der Waals surface area contributed by atoms with Gasteiger partial charge in [0.2, 0.25) is 0 Å². The average molecular weight is 704 g/mol. The number of methoxy groups -OCH3 is 2. The van der Waals surface area contributed by atoms with Crippen molar-refractivity contribution >= 4 is 55.4 Å². The fourth-order valence-electron chi connectivity index (χ4n) is 4.43. The van der Waals surface area contributed by atoms with Crippen molar-refractivity contribution in [3.8, 4) is 5.75 Å². The Balaban J connectivity index is 0.000000738. The predicted molar refractivity (Wildman–Crippen MR) is 168 cm³/mol. The van der Waals surface area contributed by atoms with E-state index in [0.717, 1.165) is 28.0 Å². The molecule has 250 valence electrons. The second-order valence-corrected chi connectivity index (χ2v) is 14.1. The van der Waals surface area contributed by atoms with Crippen molar-refractivity contribution in [3.05, 3.63) is 75.8 Å². The van der Waals surface area contributed by atoms with Crippen molar-refractivity contribution < 1.29 is 45.8 Å². The van der Waals surface area contributed by atoms with Crippen LogP contribution in [0.15, 0.2) is 58.8 Å². The molecular weight excluding hydrogens is 671 g/mol. The van der Waals surface area contributed by atoms with E-state index in [0.29, 0.717) is 60.2 Å². The number of rotatable bonds is 14. The third-order valence-electron chi connectivity index (χ3n) is 6.60. The molecule has 1 N–H and O–H groups in total. The van der Waals surface area contributed by atoms with Crippen LogP contribution < -0.4 is 4.74 Å². The minimum Gasteiger partial charge on any atom is -0.496 e. The number of aryl methyl sites for hydroxylation is 1. The number of carboxylic acid groups (broad SMARTS) is 1. The number of hydrogen-bond donors (Lipinski definition) is 1. The van der Waals surface area contributed by atoms with Crippen LogP contribution in [-0.4, -0.2) is 87.1 Å². The molecule has 0 aliphatic carbocycles. The first-order chi connectivity index (χ1) is 21.6. The summed E-state index contributed by atoms with van der Waals surface area (Å²) in [6.07, 6.45) is -3.98. The SMILES string of the molecule is COCCN(C)CC(=O)CCc1cccc(Cn2nc(CS(=O)(=O)c3ccc(Cl)s3)c3c(OC)cccc32)c1.O=C(O)C(F)(F)F. The van der Waals surface area contributed by atoms with Gasteiger partial charge in [-0.05, 0) is 48.9 Å². The third-order valence-corrected chi connectivity index (χ3v) is 10.0. The number of nitrogens with zero attached hydrogens (tertiary/aromatic N) is 3. The monoisotopic (exact) mass is 703 g/mol. The molecule has 0 saturated carbocycles. The van der Waals surface area contributed by atoms with Crippen LogP contribution in [0.25, 0.3) is 10.9 Å². The molecule has 0 atom stereocenters. The zero-order chi connectivity index (χ0) is 34.1. The Kier molecular flexibility index (Phi) is 13.1. The smallest absolute Gasteiger partial charge is 0.490 e. The van der Waals surface area contributed by atoms with Gasteiger partial charge in [0.15, 0.2) is 9.84 Å². The van der Waals surface area contributed by atoms with E-state index in [4.69, 9.17) is 36.1 Å². The van der Waals surface area contributed by atoms with Crippen LogP contribution in [0.4, 0.5) is 13.2 Å². The summed E-state index contributed by atoms with van der Waals surface area (Å²) in [6, 6.07) is 16.7. The number of benzene rings is 2. The molecule has 16 heteroatoms. The summed E-state index contributed by atoms with van der Waals surface area (Å²) in [5.74, 6) is -2.28. The third kappa shape index (κ3) is 10.5. The summed E-state index contributed by atoms with van der Waals surface area (Å²) in [7, 11) is 1.48. The maximum atomic E-state index is 13.1. The van der Waals surface area contributed by atoms with Gasteiger partial charge in [-0.1, -0.05) is 41.9 Å². The van der Waals surface area contributed by atoms with E-state index < -0.39 is 22.0 Å². The zero-order valence-electron chi connectivity index (χ0n) is 25.2. The van der Waals surface area contributed by atoms with Crippen molar-refractivity contribution in [2.45, 2.75) is 35.5 Å². The van der Waals surface area contributed by atoms with Crippen LogP contribution in [0.3, 0.4) is 0 Å². The van der Waals surface area contributed by atoms with Gasteiger partial charge in [0.1, 0.15) is 21.5 Å². The second kappa shape index (κ2) is 16.4. The molecule has 4 aromatic rings. The van der Waals surface area contributed by atoms with Crippen LogP contribution in [0.2, 0.25) is 4.34 Å². The number of hydrogen-bond acceptors (Lipinski definition) is 9. The standard InChI is InChI=1S/C28H32ClN3O5S2.C2HF3O2/c1-31(14-15-36-2)18-22(33)11-10-20-6-4-7-21(16-20)17-32-24-8-5-9-25(37-3)28(24)23(30-32)19-39(34,35)27-13-12-26(29)38-27;3-2(4,5)1(6)7/h4-9,12-13,16H,10-11,14-15,17-19H2,1-3H3;(H,6,7). The molecule has 0 fully saturated rings. The summed E-state index contributed by atoms with van der Waals surface area (Å²) in [4.78, 5) is 23.3. The Morgan fingerprint density at radius 3 is 2.37 bits per heavy atom. The molecule has 46 heavy (non-hydrogen) atoms. The topological polar surface area (TPSA) is 128 Å². The van der Waals surface area contributed by atoms with Gasteiger partial charge in [0, 0.05) is 20.1 Å². The van der Waals surface area contributed by atoms with Crippen molar-refractivity contribution in [3.63, 3.8) is 0 Å². The number of carbonyl (C=O) groups excluding carboxylic acids is 1. The molecule has 10 nitrogen and oxygen atoms in total. The Morgan fingerprint density at radius 2 is 1.76 bits per heavy atom. The van der Waals surface area contributed by atoms with E-state index in [1.54, 1.807) is 31.0 Å². The number of likely N-dealkylation sites (N-methyl/N-ethyl adjacent to an activating group) is 1. The van der Waals surface area contributed by atoms with Gasteiger partial charge in [-0.3, -0.25) is 14.4 Å². The first-order valence-corrected chi connectivity index (χ1v) is 16.6. The van der Waals surface area contributed by atoms with Crippen LogP contribution in [0.1, 0.15) is 23.2 Å². The van der Waals surface area contributed by atoms with Crippen molar-refractivity contribution in [2.75, 3.05) is 41.0 Å². The van der Waals surface area contributed by atoms with Crippen LogP contribution in [0, 0.1) is 0 Å². The molecule has 4 rings (SSSR count). The van der Waals surface area contributed by atoms with Gasteiger partial charge in [0.25, 0.3) is 0 Å². The normalized spacial score (nSPS) is 11.8. The first kappa shape index (κ1) is 37.0. The van der Waals surface area contributed by atoms with Crippen molar-refractivity contribution in [1.82, 2.24) is 14.7 Å². The minimum absolute atomic E-state index is 0.182. The summed E-state index contributed by atoms with van der Waals surface area (Å²) in [6.45, 7) is 2.14. The van der Waals surface area contributed by atoms with Gasteiger partial charge in [-0.2, -0.15) is 18.3 Å². The first-order valence-electron chi connectivity index (χ1n) is 13.7. The lowest BCUT2D eigenvalue weighted by molar-refractivity contribution is -0.192. The lowest BCUT2D eigenvalue weighted by Gasteiger charge is -2.14. The average Bonchev–Trinajstić information content (AvgIpc) is 3.58. The van der Waals surface area contributed by atoms with Crippen LogP contribution in [-0.2, 0) is 42.9 Å². The maximum absolute atomic E-state index is 13.1. The Labute approximate surface area is 273 Å². The van der Waals surface area contributed by atoms with Gasteiger partial charge in [0.05, 0.1) is 47.7 Å². The number of aliphatic carboxylic acids is 1. The Hall–Kier alpha value is -3.50. The molecule has 0 amide bonds. The number of ether oxygens (including phenoxy) is 2. The van der Waals surface area contributed by atoms with E-state index in [1.807, 2.05) is 42.3 Å². The zero-order valence-corrected chi connectivity index (χ0v) is 27.6. The number of sulfone groups is 1. The molecule has 0 aliphatic rings. The van der Waals surface area contributed by atoms with E-state index in [9.17, 15) is 26.4 Å². The van der Waals surface area contributed by atoms with E-state index in [-0.39, 0.29) is 15.7 Å². The molecule has 0 spiro atoms. The number of carboxylic acids is 1. The molecule has 2 aromatic carbocycles. The Morgan fingerprint density at radius 1 is 1.09 bits per heavy atom. The van der Waals surface area contributed by atoms with E-state index in [2.05, 4.69) is 6.07 Å². The maximum Gasteiger partial charge on any atom is 0.490 e. The van der Waals surface area contributed by atoms with E-state index in [1.165, 1.54) is 6.07 Å². The van der Waals surface area contributed by atoms with E-state index >= 15 is 0 Å². The molecule has 0 saturated heterocycles. The number of thiophene rings is 1. The molecule has 0 bridgehead atoms. The summed E-state index contributed by atoms with van der Waals surface area (Å²) in [5, 5.41) is 12.5. The molecule has 0 radical (unpaired) electrons. The summed E-state index contributed by atoms with van der Waals surface area (Å²) >= 11 is 7.02. The highest BCUT2D eigenvalue weighted by molar-refractivity contribution is 7.92. The molecular formula is C30H33ClF3N3O7S2. The van der Waals surface area contributed by atoms with Crippen LogP contribution in [0.5, 0.6) is 5.75 Å². The number of Topliss-reactive ketones (excluding diaryl/α,β-unsaturated/α-hetero) is 1. The van der Waals surface area contributed by atoms with Crippen molar-refractivity contribution in [2.24, 2.45) is 0 Å². The highest BCUT2D eigenvalue weighted by Gasteiger charge is 2.38. The number of fused-ring (bicyclic) bond motifs is 1. The summed E-state index contributed by atoms with van der Waals surface area (Å²) < 4.78 is 71.1. The fraction of sp³-hybridized carbons (Fsp3) is 0.367. The summed E-state index contributed by atoms with van der Waals surface area (Å²) in [5.41, 5.74) is 3.27. The number of ketones is 1. The largest absolute Gasteiger partial charge is 0.496 e. The molecule has 2 aromatic heterocycles.